The molecule has 0 atom stereocenters. The van der Waals surface area contributed by atoms with E-state index in [1.807, 2.05) is 48.5 Å². The van der Waals surface area contributed by atoms with Gasteiger partial charge in [-0.3, -0.25) is 0 Å². The standard InChI is InChI=1S/C16H11BrN4OS/c17-11-7-5-10(6-8-11)15-20-14(22-21-15)9-23-16-18-12-3-1-2-4-13(12)19-16/h1-8H,9H2,(H,18,19). The van der Waals surface area contributed by atoms with E-state index in [4.69, 9.17) is 4.52 Å². The highest BCUT2D eigenvalue weighted by Crippen LogP contribution is 2.24. The zero-order valence-corrected chi connectivity index (χ0v) is 14.3. The van der Waals surface area contributed by atoms with E-state index in [0.29, 0.717) is 17.5 Å². The number of nitrogens with zero attached hydrogens (tertiary/aromatic N) is 3. The Morgan fingerprint density at radius 1 is 1.04 bits per heavy atom. The largest absolute Gasteiger partial charge is 0.338 e. The molecule has 0 saturated heterocycles. The van der Waals surface area contributed by atoms with Crippen LogP contribution in [-0.2, 0) is 5.75 Å². The second-order valence-corrected chi connectivity index (χ2v) is 6.75. The summed E-state index contributed by atoms with van der Waals surface area (Å²) in [6, 6.07) is 15.7. The Kier molecular flexibility index (Phi) is 3.88. The van der Waals surface area contributed by atoms with Gasteiger partial charge in [0.1, 0.15) is 0 Å². The Hall–Kier alpha value is -2.12. The number of fused-ring (bicyclic) bond motifs is 1. The van der Waals surface area contributed by atoms with E-state index in [2.05, 4.69) is 36.0 Å². The first-order chi connectivity index (χ1) is 11.3. The summed E-state index contributed by atoms with van der Waals surface area (Å²) < 4.78 is 6.33. The molecule has 0 radical (unpaired) electrons. The third kappa shape index (κ3) is 3.16. The quantitative estimate of drug-likeness (QED) is 0.516. The molecule has 0 aliphatic carbocycles. The van der Waals surface area contributed by atoms with E-state index in [-0.39, 0.29) is 0 Å². The third-order valence-corrected chi connectivity index (χ3v) is 4.66. The third-order valence-electron chi connectivity index (χ3n) is 3.27. The van der Waals surface area contributed by atoms with Crippen molar-refractivity contribution in [3.63, 3.8) is 0 Å². The Balaban J connectivity index is 1.48. The van der Waals surface area contributed by atoms with Crippen LogP contribution in [0.3, 0.4) is 0 Å². The van der Waals surface area contributed by atoms with Gasteiger partial charge in [-0.25, -0.2) is 4.98 Å². The number of rotatable bonds is 4. The number of H-pyrrole nitrogens is 1. The zero-order chi connectivity index (χ0) is 15.6. The van der Waals surface area contributed by atoms with Gasteiger partial charge in [-0.2, -0.15) is 4.98 Å². The maximum Gasteiger partial charge on any atom is 0.237 e. The van der Waals surface area contributed by atoms with Gasteiger partial charge in [0.25, 0.3) is 0 Å². The van der Waals surface area contributed by atoms with Crippen LogP contribution in [0, 0.1) is 0 Å². The number of halogens is 1. The topological polar surface area (TPSA) is 67.6 Å². The van der Waals surface area contributed by atoms with Crippen LogP contribution in [0.15, 0.2) is 62.7 Å². The van der Waals surface area contributed by atoms with Gasteiger partial charge in [0.15, 0.2) is 5.16 Å². The first-order valence-corrected chi connectivity index (χ1v) is 8.72. The zero-order valence-electron chi connectivity index (χ0n) is 11.9. The summed E-state index contributed by atoms with van der Waals surface area (Å²) in [5.41, 5.74) is 2.91. The van der Waals surface area contributed by atoms with Crippen molar-refractivity contribution in [2.45, 2.75) is 10.9 Å². The predicted octanol–water partition coefficient (Wildman–Crippen LogP) is 4.67. The fraction of sp³-hybridized carbons (Fsp3) is 0.0625. The van der Waals surface area contributed by atoms with Gasteiger partial charge in [-0.15, -0.1) is 0 Å². The molecular weight excluding hydrogens is 376 g/mol. The second-order valence-electron chi connectivity index (χ2n) is 4.87. The SMILES string of the molecule is Brc1ccc(-c2noc(CSc3nc4ccccc4[nH]3)n2)cc1. The van der Waals surface area contributed by atoms with E-state index >= 15 is 0 Å². The molecule has 7 heteroatoms. The molecule has 0 aliphatic heterocycles. The number of hydrogen-bond donors (Lipinski definition) is 1. The van der Waals surface area contributed by atoms with E-state index in [1.54, 1.807) is 0 Å². The number of thioether (sulfide) groups is 1. The molecule has 5 nitrogen and oxygen atoms in total. The molecule has 4 rings (SSSR count). The highest BCUT2D eigenvalue weighted by molar-refractivity contribution is 9.10. The number of benzene rings is 2. The summed E-state index contributed by atoms with van der Waals surface area (Å²) in [6.07, 6.45) is 0. The number of para-hydroxylation sites is 2. The molecule has 0 unspecified atom stereocenters. The van der Waals surface area contributed by atoms with Crippen molar-refractivity contribution in [2.24, 2.45) is 0 Å². The summed E-state index contributed by atoms with van der Waals surface area (Å²) in [7, 11) is 0. The van der Waals surface area contributed by atoms with Crippen molar-refractivity contribution >= 4 is 38.7 Å². The molecule has 0 spiro atoms. The van der Waals surface area contributed by atoms with Crippen LogP contribution in [0.25, 0.3) is 22.4 Å². The molecule has 0 bridgehead atoms. The lowest BCUT2D eigenvalue weighted by molar-refractivity contribution is 0.391. The summed E-state index contributed by atoms with van der Waals surface area (Å²) in [4.78, 5) is 12.2. The minimum absolute atomic E-state index is 0.573. The van der Waals surface area contributed by atoms with Crippen LogP contribution in [0.4, 0.5) is 0 Å². The van der Waals surface area contributed by atoms with Crippen LogP contribution < -0.4 is 0 Å². The average Bonchev–Trinajstić information content (AvgIpc) is 3.20. The van der Waals surface area contributed by atoms with Crippen LogP contribution in [0.1, 0.15) is 5.89 Å². The van der Waals surface area contributed by atoms with Crippen molar-refractivity contribution < 1.29 is 4.52 Å². The summed E-state index contributed by atoms with van der Waals surface area (Å²) in [5.74, 6) is 1.75. The van der Waals surface area contributed by atoms with E-state index in [9.17, 15) is 0 Å². The maximum atomic E-state index is 5.31. The number of hydrogen-bond acceptors (Lipinski definition) is 5. The number of aromatic amines is 1. The van der Waals surface area contributed by atoms with Gasteiger partial charge in [-0.05, 0) is 36.4 Å². The van der Waals surface area contributed by atoms with Crippen molar-refractivity contribution in [1.82, 2.24) is 20.1 Å². The normalized spacial score (nSPS) is 11.2. The van der Waals surface area contributed by atoms with Crippen molar-refractivity contribution in [3.8, 4) is 11.4 Å². The summed E-state index contributed by atoms with van der Waals surface area (Å²) in [5, 5.41) is 4.87. The van der Waals surface area contributed by atoms with E-state index < -0.39 is 0 Å². The Morgan fingerprint density at radius 3 is 2.70 bits per heavy atom. The second kappa shape index (κ2) is 6.17. The average molecular weight is 387 g/mol. The van der Waals surface area contributed by atoms with Crippen LogP contribution in [0.2, 0.25) is 0 Å². The molecule has 2 heterocycles. The summed E-state index contributed by atoms with van der Waals surface area (Å²) >= 11 is 4.95. The van der Waals surface area contributed by atoms with Gasteiger partial charge in [0.2, 0.25) is 11.7 Å². The van der Waals surface area contributed by atoms with E-state index in [1.165, 1.54) is 11.8 Å². The van der Waals surface area contributed by atoms with Gasteiger partial charge < -0.3 is 9.51 Å². The number of nitrogens with one attached hydrogen (secondary N) is 1. The van der Waals surface area contributed by atoms with Crippen molar-refractivity contribution in [2.75, 3.05) is 0 Å². The smallest absolute Gasteiger partial charge is 0.237 e. The first-order valence-electron chi connectivity index (χ1n) is 6.94. The monoisotopic (exact) mass is 386 g/mol. The Morgan fingerprint density at radius 2 is 1.87 bits per heavy atom. The van der Waals surface area contributed by atoms with Crippen LogP contribution in [-0.4, -0.2) is 20.1 Å². The first kappa shape index (κ1) is 14.5. The molecular formula is C16H11BrN4OS. The molecule has 114 valence electrons. The molecule has 0 saturated carbocycles. The van der Waals surface area contributed by atoms with Gasteiger partial charge >= 0.3 is 0 Å². The summed E-state index contributed by atoms with van der Waals surface area (Å²) in [6.45, 7) is 0. The molecule has 2 aromatic heterocycles. The molecule has 0 amide bonds. The molecule has 1 N–H and O–H groups in total. The maximum absolute atomic E-state index is 5.31. The van der Waals surface area contributed by atoms with Gasteiger partial charge in [0.05, 0.1) is 16.8 Å². The number of aromatic nitrogens is 4. The molecule has 4 aromatic rings. The highest BCUT2D eigenvalue weighted by atomic mass is 79.9. The van der Waals surface area contributed by atoms with Gasteiger partial charge in [0, 0.05) is 10.0 Å². The van der Waals surface area contributed by atoms with Crippen molar-refractivity contribution in [1.29, 1.82) is 0 Å². The highest BCUT2D eigenvalue weighted by Gasteiger charge is 2.10. The van der Waals surface area contributed by atoms with Crippen LogP contribution >= 0.6 is 27.7 Å². The van der Waals surface area contributed by atoms with E-state index in [0.717, 1.165) is 26.2 Å². The van der Waals surface area contributed by atoms with Crippen LogP contribution in [0.5, 0.6) is 0 Å². The van der Waals surface area contributed by atoms with Crippen molar-refractivity contribution in [3.05, 3.63) is 58.9 Å². The lowest BCUT2D eigenvalue weighted by Crippen LogP contribution is -1.83. The number of imidazole rings is 1. The molecule has 0 fully saturated rings. The fourth-order valence-corrected chi connectivity index (χ4v) is 3.14. The molecule has 0 aliphatic rings. The fourth-order valence-electron chi connectivity index (χ4n) is 2.16. The minimum Gasteiger partial charge on any atom is -0.338 e. The molecule has 23 heavy (non-hydrogen) atoms. The van der Waals surface area contributed by atoms with Gasteiger partial charge in [-0.1, -0.05) is 45.0 Å². The molecule has 2 aromatic carbocycles. The Bertz CT molecular complexity index is 915. The lowest BCUT2D eigenvalue weighted by atomic mass is 10.2. The predicted molar refractivity (Wildman–Crippen MR) is 93.1 cm³/mol. The minimum atomic E-state index is 0.573. The Labute approximate surface area is 144 Å². The lowest BCUT2D eigenvalue weighted by Gasteiger charge is -1.93.